The average molecular weight is 386 g/mol. The van der Waals surface area contributed by atoms with Crippen molar-refractivity contribution in [3.8, 4) is 0 Å². The van der Waals surface area contributed by atoms with Gasteiger partial charge in [-0.05, 0) is 40.3 Å². The number of hydrogen-bond acceptors (Lipinski definition) is 6. The lowest BCUT2D eigenvalue weighted by Gasteiger charge is -2.16. The third-order valence-corrected chi connectivity index (χ3v) is 6.30. The van der Waals surface area contributed by atoms with Gasteiger partial charge in [0.1, 0.15) is 5.25 Å². The molecule has 0 bridgehead atoms. The van der Waals surface area contributed by atoms with Crippen LogP contribution in [0.3, 0.4) is 0 Å². The Hall–Kier alpha value is -2.19. The van der Waals surface area contributed by atoms with Crippen molar-refractivity contribution in [2.24, 2.45) is 0 Å². The summed E-state index contributed by atoms with van der Waals surface area (Å²) >= 11 is 3.14. The predicted molar refractivity (Wildman–Crippen MR) is 102 cm³/mol. The van der Waals surface area contributed by atoms with E-state index in [1.807, 2.05) is 36.4 Å². The number of tetrazole rings is 1. The zero-order valence-corrected chi connectivity index (χ0v) is 15.7. The van der Waals surface area contributed by atoms with E-state index in [9.17, 15) is 4.79 Å². The lowest BCUT2D eigenvalue weighted by atomic mass is 10.1. The van der Waals surface area contributed by atoms with Gasteiger partial charge in [-0.25, -0.2) is 4.68 Å². The quantitative estimate of drug-likeness (QED) is 0.603. The molecule has 8 heteroatoms. The SMILES string of the molecule is O=C(NC1CC1)C(Sc1nnnn1CCc1cccs1)c1ccccc1. The van der Waals surface area contributed by atoms with E-state index in [1.165, 1.54) is 16.6 Å². The zero-order chi connectivity index (χ0) is 17.8. The fourth-order valence-electron chi connectivity index (χ4n) is 2.60. The van der Waals surface area contributed by atoms with E-state index in [2.05, 4.69) is 32.3 Å². The molecule has 1 atom stereocenters. The first-order valence-corrected chi connectivity index (χ1v) is 10.4. The van der Waals surface area contributed by atoms with E-state index in [0.717, 1.165) is 24.8 Å². The molecule has 3 aromatic rings. The molecule has 4 rings (SSSR count). The van der Waals surface area contributed by atoms with Crippen molar-refractivity contribution < 1.29 is 4.79 Å². The van der Waals surface area contributed by atoms with Gasteiger partial charge in [0, 0.05) is 17.3 Å². The summed E-state index contributed by atoms with van der Waals surface area (Å²) in [5, 5.41) is 17.5. The second-order valence-corrected chi connectivity index (χ2v) is 8.31. The standard InChI is InChI=1S/C18H19N5OS2/c24-17(19-14-8-9-14)16(13-5-2-1-3-6-13)26-18-20-21-22-23(18)11-10-15-7-4-12-25-15/h1-7,12,14,16H,8-11H2,(H,19,24). The molecular weight excluding hydrogens is 366 g/mol. The van der Waals surface area contributed by atoms with Gasteiger partial charge < -0.3 is 5.32 Å². The fraction of sp³-hybridized carbons (Fsp3) is 0.333. The van der Waals surface area contributed by atoms with Gasteiger partial charge in [-0.15, -0.1) is 16.4 Å². The third kappa shape index (κ3) is 4.31. The molecule has 1 N–H and O–H groups in total. The van der Waals surface area contributed by atoms with Crippen LogP contribution in [0, 0.1) is 0 Å². The number of aromatic nitrogens is 4. The summed E-state index contributed by atoms with van der Waals surface area (Å²) in [7, 11) is 0. The molecule has 0 spiro atoms. The molecule has 2 heterocycles. The highest BCUT2D eigenvalue weighted by Gasteiger charge is 2.30. The van der Waals surface area contributed by atoms with Crippen LogP contribution in [0.5, 0.6) is 0 Å². The molecule has 0 saturated heterocycles. The van der Waals surface area contributed by atoms with Gasteiger partial charge in [0.25, 0.3) is 0 Å². The van der Waals surface area contributed by atoms with Gasteiger partial charge in [-0.1, -0.05) is 48.2 Å². The fourth-order valence-corrected chi connectivity index (χ4v) is 4.31. The Morgan fingerprint density at radius 2 is 2.12 bits per heavy atom. The first-order valence-electron chi connectivity index (χ1n) is 8.60. The topological polar surface area (TPSA) is 72.7 Å². The predicted octanol–water partition coefficient (Wildman–Crippen LogP) is 3.09. The number of thioether (sulfide) groups is 1. The minimum atomic E-state index is -0.358. The Bertz CT molecular complexity index is 846. The van der Waals surface area contributed by atoms with Gasteiger partial charge in [0.05, 0.1) is 6.54 Å². The van der Waals surface area contributed by atoms with Crippen molar-refractivity contribution in [1.82, 2.24) is 25.5 Å². The van der Waals surface area contributed by atoms with Crippen LogP contribution >= 0.6 is 23.1 Å². The molecule has 1 aromatic carbocycles. The van der Waals surface area contributed by atoms with Crippen molar-refractivity contribution >= 4 is 29.0 Å². The smallest absolute Gasteiger partial charge is 0.238 e. The highest BCUT2D eigenvalue weighted by molar-refractivity contribution is 8.00. The molecule has 1 fully saturated rings. The highest BCUT2D eigenvalue weighted by atomic mass is 32.2. The van der Waals surface area contributed by atoms with Crippen LogP contribution in [0.25, 0.3) is 0 Å². The maximum Gasteiger partial charge on any atom is 0.238 e. The monoisotopic (exact) mass is 385 g/mol. The summed E-state index contributed by atoms with van der Waals surface area (Å²) in [6.45, 7) is 0.696. The van der Waals surface area contributed by atoms with E-state index in [-0.39, 0.29) is 11.2 Å². The molecule has 26 heavy (non-hydrogen) atoms. The normalized spacial score (nSPS) is 14.9. The minimum absolute atomic E-state index is 0.0245. The number of carbonyl (C=O) groups excluding carboxylic acids is 1. The summed E-state index contributed by atoms with van der Waals surface area (Å²) in [6.07, 6.45) is 3.01. The first kappa shape index (κ1) is 17.2. The Labute approximate surface area is 160 Å². The number of amides is 1. The van der Waals surface area contributed by atoms with Crippen LogP contribution in [0.4, 0.5) is 0 Å². The van der Waals surface area contributed by atoms with Crippen molar-refractivity contribution in [1.29, 1.82) is 0 Å². The Kier molecular flexibility index (Phi) is 5.31. The van der Waals surface area contributed by atoms with E-state index < -0.39 is 0 Å². The van der Waals surface area contributed by atoms with E-state index in [4.69, 9.17) is 0 Å². The highest BCUT2D eigenvalue weighted by Crippen LogP contribution is 2.35. The summed E-state index contributed by atoms with van der Waals surface area (Å²) in [5.74, 6) is 0.0245. The van der Waals surface area contributed by atoms with Crippen LogP contribution in [0.15, 0.2) is 53.0 Å². The molecule has 1 saturated carbocycles. The van der Waals surface area contributed by atoms with Gasteiger partial charge in [-0.3, -0.25) is 4.79 Å². The number of carbonyl (C=O) groups is 1. The van der Waals surface area contributed by atoms with Gasteiger partial charge in [0.15, 0.2) is 0 Å². The molecule has 1 unspecified atom stereocenters. The number of nitrogens with one attached hydrogen (secondary N) is 1. The lowest BCUT2D eigenvalue weighted by Crippen LogP contribution is -2.30. The molecule has 2 aromatic heterocycles. The number of benzene rings is 1. The van der Waals surface area contributed by atoms with Gasteiger partial charge in [0.2, 0.25) is 11.1 Å². The Morgan fingerprint density at radius 1 is 1.27 bits per heavy atom. The largest absolute Gasteiger partial charge is 0.352 e. The van der Waals surface area contributed by atoms with Gasteiger partial charge >= 0.3 is 0 Å². The molecule has 134 valence electrons. The van der Waals surface area contributed by atoms with Crippen LogP contribution in [-0.4, -0.2) is 32.2 Å². The summed E-state index contributed by atoms with van der Waals surface area (Å²) in [6, 6.07) is 14.3. The van der Waals surface area contributed by atoms with Crippen molar-refractivity contribution in [2.45, 2.75) is 42.3 Å². The van der Waals surface area contributed by atoms with E-state index in [0.29, 0.717) is 17.7 Å². The minimum Gasteiger partial charge on any atom is -0.352 e. The Morgan fingerprint density at radius 3 is 2.85 bits per heavy atom. The first-order chi connectivity index (χ1) is 12.8. The number of hydrogen-bond donors (Lipinski definition) is 1. The zero-order valence-electron chi connectivity index (χ0n) is 14.1. The summed E-state index contributed by atoms with van der Waals surface area (Å²) < 4.78 is 1.78. The molecule has 6 nitrogen and oxygen atoms in total. The second-order valence-electron chi connectivity index (χ2n) is 6.21. The molecule has 1 aliphatic carbocycles. The van der Waals surface area contributed by atoms with Crippen LogP contribution in [-0.2, 0) is 17.8 Å². The number of thiophene rings is 1. The number of rotatable bonds is 8. The maximum absolute atomic E-state index is 12.8. The molecule has 1 amide bonds. The molecule has 1 aliphatic rings. The van der Waals surface area contributed by atoms with Crippen molar-refractivity contribution in [2.75, 3.05) is 0 Å². The number of nitrogens with zero attached hydrogens (tertiary/aromatic N) is 4. The van der Waals surface area contributed by atoms with Crippen molar-refractivity contribution in [3.05, 3.63) is 58.3 Å². The van der Waals surface area contributed by atoms with Gasteiger partial charge in [-0.2, -0.15) is 0 Å². The molecular formula is C18H19N5OS2. The van der Waals surface area contributed by atoms with Crippen LogP contribution in [0.1, 0.15) is 28.5 Å². The summed E-state index contributed by atoms with van der Waals surface area (Å²) in [4.78, 5) is 14.1. The molecule has 0 aliphatic heterocycles. The second kappa shape index (κ2) is 8.01. The molecule has 0 radical (unpaired) electrons. The Balaban J connectivity index is 1.50. The van der Waals surface area contributed by atoms with E-state index >= 15 is 0 Å². The lowest BCUT2D eigenvalue weighted by molar-refractivity contribution is -0.120. The number of aryl methyl sites for hydroxylation is 2. The van der Waals surface area contributed by atoms with E-state index in [1.54, 1.807) is 16.0 Å². The van der Waals surface area contributed by atoms with Crippen LogP contribution < -0.4 is 5.32 Å². The van der Waals surface area contributed by atoms with Crippen molar-refractivity contribution in [3.63, 3.8) is 0 Å². The van der Waals surface area contributed by atoms with Crippen LogP contribution in [0.2, 0.25) is 0 Å². The summed E-state index contributed by atoms with van der Waals surface area (Å²) in [5.41, 5.74) is 0.962. The maximum atomic E-state index is 12.8. The third-order valence-electron chi connectivity index (χ3n) is 4.14. The average Bonchev–Trinajstić information content (AvgIpc) is 3.14.